The van der Waals surface area contributed by atoms with Crippen molar-refractivity contribution in [1.82, 2.24) is 10.3 Å². The van der Waals surface area contributed by atoms with E-state index in [1.165, 1.54) is 0 Å². The normalized spacial score (nSPS) is 14.2. The highest BCUT2D eigenvalue weighted by Crippen LogP contribution is 2.30. The SMILES string of the molecule is C=CCCC(NC(=O)c1c2c(nc3ccccc13)CCC2)C(=O)O. The van der Waals surface area contributed by atoms with E-state index in [0.29, 0.717) is 18.4 Å². The smallest absolute Gasteiger partial charge is 0.326 e. The number of pyridine rings is 1. The van der Waals surface area contributed by atoms with E-state index >= 15 is 0 Å². The van der Waals surface area contributed by atoms with E-state index in [-0.39, 0.29) is 5.91 Å². The molecule has 1 amide bonds. The van der Waals surface area contributed by atoms with Gasteiger partial charge in [0.2, 0.25) is 0 Å². The Morgan fingerprint density at radius 2 is 2.12 bits per heavy atom. The second kappa shape index (κ2) is 6.83. The zero-order valence-corrected chi connectivity index (χ0v) is 13.4. The van der Waals surface area contributed by atoms with Crippen LogP contribution in [0, 0.1) is 0 Å². The predicted molar refractivity (Wildman–Crippen MR) is 92.1 cm³/mol. The minimum atomic E-state index is -1.03. The van der Waals surface area contributed by atoms with Crippen LogP contribution in [0.3, 0.4) is 0 Å². The highest BCUT2D eigenvalue weighted by molar-refractivity contribution is 6.08. The first kappa shape index (κ1) is 16.2. The molecule has 5 heteroatoms. The van der Waals surface area contributed by atoms with Crippen LogP contribution in [0.15, 0.2) is 36.9 Å². The molecule has 124 valence electrons. The number of nitrogens with zero attached hydrogens (tertiary/aromatic N) is 1. The van der Waals surface area contributed by atoms with Gasteiger partial charge in [0.15, 0.2) is 0 Å². The van der Waals surface area contributed by atoms with Crippen molar-refractivity contribution in [2.24, 2.45) is 0 Å². The van der Waals surface area contributed by atoms with Crippen LogP contribution in [-0.4, -0.2) is 28.0 Å². The molecular weight excluding hydrogens is 304 g/mol. The highest BCUT2D eigenvalue weighted by Gasteiger charge is 2.26. The number of aromatic nitrogens is 1. The number of carboxylic acids is 1. The summed E-state index contributed by atoms with van der Waals surface area (Å²) >= 11 is 0. The maximum absolute atomic E-state index is 12.9. The van der Waals surface area contributed by atoms with Crippen LogP contribution >= 0.6 is 0 Å². The van der Waals surface area contributed by atoms with Crippen molar-refractivity contribution in [2.45, 2.75) is 38.1 Å². The number of amides is 1. The number of allylic oxidation sites excluding steroid dienone is 1. The molecule has 1 aromatic heterocycles. The quantitative estimate of drug-likeness (QED) is 0.801. The molecule has 3 rings (SSSR count). The summed E-state index contributed by atoms with van der Waals surface area (Å²) in [4.78, 5) is 28.9. The number of fused-ring (bicyclic) bond motifs is 2. The number of carbonyl (C=O) groups excluding carboxylic acids is 1. The Bertz CT molecular complexity index is 814. The molecule has 0 saturated carbocycles. The van der Waals surface area contributed by atoms with Crippen molar-refractivity contribution in [1.29, 1.82) is 0 Å². The van der Waals surface area contributed by atoms with Gasteiger partial charge in [-0.2, -0.15) is 0 Å². The largest absolute Gasteiger partial charge is 0.480 e. The molecule has 1 unspecified atom stereocenters. The lowest BCUT2D eigenvalue weighted by Gasteiger charge is -2.17. The van der Waals surface area contributed by atoms with E-state index in [1.54, 1.807) is 6.08 Å². The van der Waals surface area contributed by atoms with Crippen molar-refractivity contribution in [3.05, 3.63) is 53.7 Å². The number of hydrogen-bond donors (Lipinski definition) is 2. The molecule has 0 radical (unpaired) electrons. The molecule has 2 N–H and O–H groups in total. The number of hydrogen-bond acceptors (Lipinski definition) is 3. The fourth-order valence-corrected chi connectivity index (χ4v) is 3.24. The highest BCUT2D eigenvalue weighted by atomic mass is 16.4. The van der Waals surface area contributed by atoms with Gasteiger partial charge in [-0.05, 0) is 43.7 Å². The van der Waals surface area contributed by atoms with Crippen LogP contribution in [0.4, 0.5) is 0 Å². The number of aryl methyl sites for hydroxylation is 1. The molecule has 1 heterocycles. The van der Waals surface area contributed by atoms with Crippen LogP contribution in [0.1, 0.15) is 40.9 Å². The third-order valence-electron chi connectivity index (χ3n) is 4.41. The number of benzene rings is 1. The molecule has 24 heavy (non-hydrogen) atoms. The molecule has 1 aliphatic rings. The Labute approximate surface area is 140 Å². The first-order valence-electron chi connectivity index (χ1n) is 8.17. The maximum Gasteiger partial charge on any atom is 0.326 e. The van der Waals surface area contributed by atoms with Crippen LogP contribution in [0.25, 0.3) is 10.9 Å². The van der Waals surface area contributed by atoms with Gasteiger partial charge in [0.25, 0.3) is 5.91 Å². The van der Waals surface area contributed by atoms with Crippen molar-refractivity contribution in [3.8, 4) is 0 Å². The number of carboxylic acid groups (broad SMARTS) is 1. The average molecular weight is 324 g/mol. The standard InChI is InChI=1S/C19H20N2O3/c1-2-3-9-16(19(23)24)21-18(22)17-12-7-4-5-10-14(12)20-15-11-6-8-13(15)17/h2,4-5,7,10,16H,1,3,6,8-9,11H2,(H,21,22)(H,23,24). The van der Waals surface area contributed by atoms with Gasteiger partial charge in [0, 0.05) is 11.1 Å². The Balaban J connectivity index is 2.00. The Hall–Kier alpha value is -2.69. The summed E-state index contributed by atoms with van der Waals surface area (Å²) < 4.78 is 0. The zero-order valence-electron chi connectivity index (χ0n) is 13.4. The summed E-state index contributed by atoms with van der Waals surface area (Å²) in [5, 5.41) is 12.8. The van der Waals surface area contributed by atoms with Gasteiger partial charge < -0.3 is 10.4 Å². The van der Waals surface area contributed by atoms with Crippen LogP contribution in [-0.2, 0) is 17.6 Å². The minimum absolute atomic E-state index is 0.329. The number of rotatable bonds is 6. The summed E-state index contributed by atoms with van der Waals surface area (Å²) in [7, 11) is 0. The Morgan fingerprint density at radius 1 is 1.33 bits per heavy atom. The van der Waals surface area contributed by atoms with Gasteiger partial charge >= 0.3 is 5.97 Å². The molecule has 0 fully saturated rings. The van der Waals surface area contributed by atoms with E-state index in [4.69, 9.17) is 0 Å². The molecular formula is C19H20N2O3. The van der Waals surface area contributed by atoms with Crippen molar-refractivity contribution < 1.29 is 14.7 Å². The van der Waals surface area contributed by atoms with Crippen molar-refractivity contribution in [2.75, 3.05) is 0 Å². The lowest BCUT2D eigenvalue weighted by Crippen LogP contribution is -2.41. The topological polar surface area (TPSA) is 79.3 Å². The van der Waals surface area contributed by atoms with E-state index < -0.39 is 12.0 Å². The molecule has 1 aromatic carbocycles. The van der Waals surface area contributed by atoms with Gasteiger partial charge in [0.05, 0.1) is 11.1 Å². The summed E-state index contributed by atoms with van der Waals surface area (Å²) in [5.74, 6) is -1.36. The molecule has 2 aromatic rings. The molecule has 1 atom stereocenters. The summed E-state index contributed by atoms with van der Waals surface area (Å²) in [6.45, 7) is 3.60. The molecule has 0 saturated heterocycles. The number of aliphatic carboxylic acids is 1. The van der Waals surface area contributed by atoms with E-state index in [0.717, 1.165) is 41.4 Å². The summed E-state index contributed by atoms with van der Waals surface area (Å²) in [6, 6.07) is 6.60. The Morgan fingerprint density at radius 3 is 2.88 bits per heavy atom. The van der Waals surface area contributed by atoms with Crippen LogP contribution in [0.2, 0.25) is 0 Å². The van der Waals surface area contributed by atoms with Gasteiger partial charge in [-0.25, -0.2) is 4.79 Å². The summed E-state index contributed by atoms with van der Waals surface area (Å²) in [5.41, 5.74) is 3.27. The minimum Gasteiger partial charge on any atom is -0.480 e. The lowest BCUT2D eigenvalue weighted by atomic mass is 10.00. The van der Waals surface area contributed by atoms with Crippen LogP contribution in [0.5, 0.6) is 0 Å². The van der Waals surface area contributed by atoms with E-state index in [9.17, 15) is 14.7 Å². The van der Waals surface area contributed by atoms with Crippen LogP contribution < -0.4 is 5.32 Å². The second-order valence-corrected chi connectivity index (χ2v) is 6.01. The van der Waals surface area contributed by atoms with Crippen molar-refractivity contribution >= 4 is 22.8 Å². The number of para-hydroxylation sites is 1. The first-order chi connectivity index (χ1) is 11.6. The van der Waals surface area contributed by atoms with Gasteiger partial charge in [-0.3, -0.25) is 9.78 Å². The average Bonchev–Trinajstić information content (AvgIpc) is 3.03. The van der Waals surface area contributed by atoms with Crippen molar-refractivity contribution in [3.63, 3.8) is 0 Å². The van der Waals surface area contributed by atoms with E-state index in [2.05, 4.69) is 16.9 Å². The number of carbonyl (C=O) groups is 2. The maximum atomic E-state index is 12.9. The zero-order chi connectivity index (χ0) is 17.1. The molecule has 0 bridgehead atoms. The lowest BCUT2D eigenvalue weighted by molar-refractivity contribution is -0.139. The molecule has 0 spiro atoms. The molecule has 5 nitrogen and oxygen atoms in total. The fourth-order valence-electron chi connectivity index (χ4n) is 3.24. The first-order valence-corrected chi connectivity index (χ1v) is 8.17. The third-order valence-corrected chi connectivity index (χ3v) is 4.41. The molecule has 1 aliphatic carbocycles. The van der Waals surface area contributed by atoms with E-state index in [1.807, 2.05) is 24.3 Å². The summed E-state index contributed by atoms with van der Waals surface area (Å²) in [6.07, 6.45) is 5.15. The van der Waals surface area contributed by atoms with Gasteiger partial charge in [0.1, 0.15) is 6.04 Å². The predicted octanol–water partition coefficient (Wildman–Crippen LogP) is 2.87. The van der Waals surface area contributed by atoms with Gasteiger partial charge in [-0.15, -0.1) is 6.58 Å². The molecule has 0 aliphatic heterocycles. The second-order valence-electron chi connectivity index (χ2n) is 6.01. The third kappa shape index (κ3) is 3.02. The fraction of sp³-hybridized carbons (Fsp3) is 0.316. The monoisotopic (exact) mass is 324 g/mol. The Kier molecular flexibility index (Phi) is 4.60. The van der Waals surface area contributed by atoms with Gasteiger partial charge in [-0.1, -0.05) is 24.3 Å². The number of nitrogens with one attached hydrogen (secondary N) is 1.